The van der Waals surface area contributed by atoms with Gasteiger partial charge in [0.15, 0.2) is 0 Å². The molecule has 2 aromatic heterocycles. The average molecular weight is 304 g/mol. The maximum atomic E-state index is 12.3. The molecular weight excluding hydrogens is 288 g/mol. The molecule has 0 amide bonds. The molecule has 2 aromatic rings. The lowest BCUT2D eigenvalue weighted by atomic mass is 10.2. The predicted octanol–water partition coefficient (Wildman–Crippen LogP) is 0.874. The van der Waals surface area contributed by atoms with Gasteiger partial charge in [-0.1, -0.05) is 18.8 Å². The summed E-state index contributed by atoms with van der Waals surface area (Å²) in [6.45, 7) is 2.55. The van der Waals surface area contributed by atoms with Crippen molar-refractivity contribution in [1.82, 2.24) is 9.13 Å². The number of hydrogen-bond acceptors (Lipinski definition) is 4. The Morgan fingerprint density at radius 2 is 2.14 bits per heavy atom. The van der Waals surface area contributed by atoms with Gasteiger partial charge in [0.1, 0.15) is 6.61 Å². The molecule has 2 heterocycles. The molecule has 5 nitrogen and oxygen atoms in total. The van der Waals surface area contributed by atoms with E-state index < -0.39 is 0 Å². The third-order valence-corrected chi connectivity index (χ3v) is 3.86. The number of aliphatic hydroxyl groups is 1. The van der Waals surface area contributed by atoms with Gasteiger partial charge >= 0.3 is 5.69 Å². The van der Waals surface area contributed by atoms with Gasteiger partial charge in [0.25, 0.3) is 5.56 Å². The lowest BCUT2D eigenvalue weighted by molar-refractivity contribution is 0.350. The lowest BCUT2D eigenvalue weighted by Crippen LogP contribution is -2.39. The van der Waals surface area contributed by atoms with Crippen LogP contribution in [0, 0.1) is 11.8 Å². The molecule has 21 heavy (non-hydrogen) atoms. The number of aliphatic hydroxyl groups excluding tert-OH is 1. The van der Waals surface area contributed by atoms with Gasteiger partial charge in [-0.05, 0) is 17.9 Å². The van der Waals surface area contributed by atoms with E-state index in [9.17, 15) is 9.59 Å². The van der Waals surface area contributed by atoms with E-state index >= 15 is 0 Å². The molecule has 0 saturated heterocycles. The molecule has 2 rings (SSSR count). The maximum Gasteiger partial charge on any atom is 0.331 e. The summed E-state index contributed by atoms with van der Waals surface area (Å²) in [5.41, 5.74) is 0.117. The van der Waals surface area contributed by atoms with E-state index in [1.807, 2.05) is 18.4 Å². The van der Waals surface area contributed by atoms with Crippen LogP contribution in [0.5, 0.6) is 0 Å². The molecule has 0 aliphatic carbocycles. The molecule has 0 fully saturated rings. The highest BCUT2D eigenvalue weighted by molar-refractivity contribution is 7.10. The highest BCUT2D eigenvalue weighted by atomic mass is 32.1. The van der Waals surface area contributed by atoms with Crippen LogP contribution < -0.4 is 11.2 Å². The van der Waals surface area contributed by atoms with E-state index in [0.29, 0.717) is 6.54 Å². The van der Waals surface area contributed by atoms with Crippen LogP contribution in [-0.4, -0.2) is 20.8 Å². The molecule has 6 heteroatoms. The van der Waals surface area contributed by atoms with Gasteiger partial charge in [-0.3, -0.25) is 9.36 Å². The molecule has 0 aromatic carbocycles. The molecule has 0 aliphatic rings. The fourth-order valence-electron chi connectivity index (χ4n) is 1.97. The van der Waals surface area contributed by atoms with Crippen LogP contribution in [0.15, 0.2) is 33.3 Å². The van der Waals surface area contributed by atoms with Gasteiger partial charge in [-0.15, -0.1) is 11.3 Å². The van der Waals surface area contributed by atoms with E-state index in [1.54, 1.807) is 0 Å². The molecule has 110 valence electrons. The highest BCUT2D eigenvalue weighted by Gasteiger charge is 2.09. The van der Waals surface area contributed by atoms with Crippen molar-refractivity contribution in [1.29, 1.82) is 0 Å². The Labute approximate surface area is 126 Å². The molecular formula is C15H16N2O3S. The first-order chi connectivity index (χ1) is 10.2. The molecule has 0 aliphatic heterocycles. The molecule has 0 saturated carbocycles. The van der Waals surface area contributed by atoms with Crippen LogP contribution in [-0.2, 0) is 13.1 Å². The van der Waals surface area contributed by atoms with Crippen molar-refractivity contribution < 1.29 is 5.11 Å². The fraction of sp³-hybridized carbons (Fsp3) is 0.333. The van der Waals surface area contributed by atoms with Crippen molar-refractivity contribution in [2.24, 2.45) is 0 Å². The van der Waals surface area contributed by atoms with Crippen LogP contribution in [0.3, 0.4) is 0 Å². The van der Waals surface area contributed by atoms with E-state index in [0.717, 1.165) is 16.9 Å². The van der Waals surface area contributed by atoms with Gasteiger partial charge in [-0.2, -0.15) is 0 Å². The van der Waals surface area contributed by atoms with E-state index in [2.05, 4.69) is 11.8 Å². The van der Waals surface area contributed by atoms with Crippen molar-refractivity contribution in [3.05, 3.63) is 55.0 Å². The van der Waals surface area contributed by atoms with Crippen LogP contribution in [0.25, 0.3) is 0 Å². The Hall–Kier alpha value is -2.10. The Kier molecular flexibility index (Phi) is 5.14. The number of thiophene rings is 1. The number of aromatic nitrogens is 2. The third kappa shape index (κ3) is 3.51. The second kappa shape index (κ2) is 7.07. The quantitative estimate of drug-likeness (QED) is 0.853. The Morgan fingerprint density at radius 3 is 2.86 bits per heavy atom. The van der Waals surface area contributed by atoms with Gasteiger partial charge in [0.05, 0.1) is 6.54 Å². The van der Waals surface area contributed by atoms with Crippen LogP contribution in [0.4, 0.5) is 0 Å². The van der Waals surface area contributed by atoms with E-state index in [4.69, 9.17) is 5.11 Å². The Balaban J connectivity index is 2.40. The van der Waals surface area contributed by atoms with Gasteiger partial charge in [-0.25, -0.2) is 4.79 Å². The molecule has 1 N–H and O–H groups in total. The fourth-order valence-corrected chi connectivity index (χ4v) is 2.78. The number of rotatable bonds is 4. The largest absolute Gasteiger partial charge is 0.384 e. The zero-order valence-electron chi connectivity index (χ0n) is 11.7. The Bertz CT molecular complexity index is 789. The zero-order chi connectivity index (χ0) is 15.2. The number of aryl methyl sites for hydroxylation is 1. The minimum atomic E-state index is -0.318. The lowest BCUT2D eigenvalue weighted by Gasteiger charge is -2.08. The van der Waals surface area contributed by atoms with E-state index in [-0.39, 0.29) is 24.4 Å². The van der Waals surface area contributed by atoms with Crippen molar-refractivity contribution in [2.75, 3.05) is 6.61 Å². The molecule has 0 atom stereocenters. The highest BCUT2D eigenvalue weighted by Crippen LogP contribution is 2.16. The van der Waals surface area contributed by atoms with Gasteiger partial charge in [0, 0.05) is 29.2 Å². The second-order valence-corrected chi connectivity index (χ2v) is 5.43. The first-order valence-corrected chi connectivity index (χ1v) is 7.51. The minimum Gasteiger partial charge on any atom is -0.384 e. The Morgan fingerprint density at radius 1 is 1.33 bits per heavy atom. The van der Waals surface area contributed by atoms with Crippen LogP contribution >= 0.6 is 11.3 Å². The zero-order valence-corrected chi connectivity index (χ0v) is 12.5. The first-order valence-electron chi connectivity index (χ1n) is 6.63. The topological polar surface area (TPSA) is 64.2 Å². The summed E-state index contributed by atoms with van der Waals surface area (Å²) in [6.07, 6.45) is 2.36. The van der Waals surface area contributed by atoms with Gasteiger partial charge < -0.3 is 9.67 Å². The van der Waals surface area contributed by atoms with Crippen molar-refractivity contribution in [3.63, 3.8) is 0 Å². The summed E-state index contributed by atoms with van der Waals surface area (Å²) in [4.78, 5) is 25.0. The van der Waals surface area contributed by atoms with Crippen LogP contribution in [0.1, 0.15) is 23.8 Å². The SMILES string of the molecule is CCCn1ccc(=O)n(Cc2sccc2C#CCO)c1=O. The molecule has 0 spiro atoms. The maximum absolute atomic E-state index is 12.3. The van der Waals surface area contributed by atoms with E-state index in [1.165, 1.54) is 32.7 Å². The summed E-state index contributed by atoms with van der Waals surface area (Å²) in [7, 11) is 0. The number of nitrogens with zero attached hydrogens (tertiary/aromatic N) is 2. The molecule has 0 unspecified atom stereocenters. The minimum absolute atomic E-state index is 0.204. The summed E-state index contributed by atoms with van der Waals surface area (Å²) < 4.78 is 2.75. The molecule has 0 bridgehead atoms. The smallest absolute Gasteiger partial charge is 0.331 e. The number of hydrogen-bond donors (Lipinski definition) is 1. The van der Waals surface area contributed by atoms with Crippen molar-refractivity contribution in [3.8, 4) is 11.8 Å². The standard InChI is InChI=1S/C15H16N2O3S/c1-2-7-16-8-5-14(19)17(15(16)20)11-13-12(4-3-9-18)6-10-21-13/h5-6,8,10,18H,2,7,9,11H2,1H3. The monoisotopic (exact) mass is 304 g/mol. The predicted molar refractivity (Wildman–Crippen MR) is 82.6 cm³/mol. The second-order valence-electron chi connectivity index (χ2n) is 4.43. The van der Waals surface area contributed by atoms with Gasteiger partial charge in [0.2, 0.25) is 0 Å². The summed E-state index contributed by atoms with van der Waals surface area (Å²) in [5.74, 6) is 5.41. The average Bonchev–Trinajstić information content (AvgIpc) is 2.91. The molecule has 0 radical (unpaired) electrons. The van der Waals surface area contributed by atoms with Crippen molar-refractivity contribution >= 4 is 11.3 Å². The first kappa shape index (κ1) is 15.3. The summed E-state index contributed by atoms with van der Waals surface area (Å²) in [6, 6.07) is 3.23. The summed E-state index contributed by atoms with van der Waals surface area (Å²) >= 11 is 1.44. The normalized spacial score (nSPS) is 10.2. The summed E-state index contributed by atoms with van der Waals surface area (Å²) in [5, 5.41) is 10.6. The van der Waals surface area contributed by atoms with Crippen molar-refractivity contribution in [2.45, 2.75) is 26.4 Å². The van der Waals surface area contributed by atoms with Crippen LogP contribution in [0.2, 0.25) is 0 Å². The third-order valence-electron chi connectivity index (χ3n) is 2.95.